The van der Waals surface area contributed by atoms with Gasteiger partial charge < -0.3 is 14.8 Å². The first-order chi connectivity index (χ1) is 17.8. The van der Waals surface area contributed by atoms with Crippen molar-refractivity contribution in [3.63, 3.8) is 0 Å². The van der Waals surface area contributed by atoms with E-state index in [1.165, 1.54) is 6.26 Å². The van der Waals surface area contributed by atoms with Gasteiger partial charge in [-0.2, -0.15) is 5.26 Å². The largest absolute Gasteiger partial charge is 0.489 e. The number of hydrogen-bond acceptors (Lipinski definition) is 10. The van der Waals surface area contributed by atoms with E-state index in [2.05, 4.69) is 26.3 Å². The molecule has 11 heteroatoms. The molecule has 3 heterocycles. The van der Waals surface area contributed by atoms with Crippen molar-refractivity contribution < 1.29 is 19.3 Å². The molecule has 10 nitrogen and oxygen atoms in total. The van der Waals surface area contributed by atoms with Gasteiger partial charge in [0.1, 0.15) is 27.8 Å². The maximum absolute atomic E-state index is 11.4. The van der Waals surface area contributed by atoms with Gasteiger partial charge in [0.25, 0.3) is 0 Å². The lowest BCUT2D eigenvalue weighted by Crippen LogP contribution is -2.26. The fraction of sp³-hybridized carbons (Fsp3) is 0.385. The minimum absolute atomic E-state index is 0. The van der Waals surface area contributed by atoms with Gasteiger partial charge in [-0.1, -0.05) is 0 Å². The highest BCUT2D eigenvalue weighted by Gasteiger charge is 2.17. The molecule has 1 N–H and O–H groups in total. The molecule has 1 aliphatic heterocycles. The summed E-state index contributed by atoms with van der Waals surface area (Å²) in [6.07, 6.45) is 6.24. The van der Waals surface area contributed by atoms with Gasteiger partial charge in [-0.25, -0.2) is 18.4 Å². The predicted molar refractivity (Wildman–Crippen MR) is 142 cm³/mol. The number of benzene rings is 1. The minimum atomic E-state index is -3.00. The van der Waals surface area contributed by atoms with Crippen molar-refractivity contribution in [1.82, 2.24) is 19.9 Å². The molecular weight excluding hydrogens is 492 g/mol. The maximum Gasteiger partial charge on any atom is 0.227 e. The van der Waals surface area contributed by atoms with E-state index >= 15 is 0 Å². The van der Waals surface area contributed by atoms with E-state index in [9.17, 15) is 13.7 Å². The van der Waals surface area contributed by atoms with Gasteiger partial charge in [0.05, 0.1) is 47.8 Å². The predicted octanol–water partition coefficient (Wildman–Crippen LogP) is 3.43. The van der Waals surface area contributed by atoms with Crippen LogP contribution in [0.3, 0.4) is 0 Å². The van der Waals surface area contributed by atoms with E-state index in [0.717, 1.165) is 29.8 Å². The average Bonchev–Trinajstić information content (AvgIpc) is 2.89. The van der Waals surface area contributed by atoms with Crippen LogP contribution in [0.2, 0.25) is 0 Å². The summed E-state index contributed by atoms with van der Waals surface area (Å²) in [5, 5.41) is 12.8. The van der Waals surface area contributed by atoms with E-state index in [-0.39, 0.29) is 13.3 Å². The monoisotopic (exact) mass is 524 g/mol. The van der Waals surface area contributed by atoms with Crippen molar-refractivity contribution >= 4 is 21.5 Å². The summed E-state index contributed by atoms with van der Waals surface area (Å²) in [5.74, 6) is 1.08. The van der Waals surface area contributed by atoms with E-state index in [1.54, 1.807) is 24.5 Å². The second-order valence-corrected chi connectivity index (χ2v) is 11.3. The Morgan fingerprint density at radius 1 is 1.22 bits per heavy atom. The van der Waals surface area contributed by atoms with Crippen LogP contribution in [-0.2, 0) is 21.1 Å². The van der Waals surface area contributed by atoms with Crippen molar-refractivity contribution in [2.75, 3.05) is 44.1 Å². The molecule has 0 spiro atoms. The second-order valence-electron chi connectivity index (χ2n) is 9.05. The van der Waals surface area contributed by atoms with Crippen molar-refractivity contribution in [1.29, 1.82) is 5.26 Å². The first-order valence-electron chi connectivity index (χ1n) is 12.0. The normalized spacial score (nSPS) is 14.3. The smallest absolute Gasteiger partial charge is 0.227 e. The summed E-state index contributed by atoms with van der Waals surface area (Å²) in [6, 6.07) is 13.2. The Balaban J connectivity index is 0.00000400. The molecule has 0 unspecified atom stereocenters. The fourth-order valence-electron chi connectivity index (χ4n) is 3.83. The molecule has 1 aliphatic rings. The van der Waals surface area contributed by atoms with Crippen LogP contribution in [0.4, 0.5) is 11.6 Å². The Bertz CT molecular complexity index is 1360. The minimum Gasteiger partial charge on any atom is -0.489 e. The lowest BCUT2D eigenvalue weighted by Gasteiger charge is -2.23. The zero-order chi connectivity index (χ0) is 26.3. The summed E-state index contributed by atoms with van der Waals surface area (Å²) < 4.78 is 34.1. The zero-order valence-corrected chi connectivity index (χ0v) is 21.7. The van der Waals surface area contributed by atoms with Crippen LogP contribution in [0, 0.1) is 11.3 Å². The van der Waals surface area contributed by atoms with Crippen molar-refractivity contribution in [2.45, 2.75) is 25.5 Å². The highest BCUT2D eigenvalue weighted by molar-refractivity contribution is 7.90. The van der Waals surface area contributed by atoms with Gasteiger partial charge in [0.2, 0.25) is 5.95 Å². The molecule has 1 saturated heterocycles. The number of aromatic nitrogens is 3. The van der Waals surface area contributed by atoms with Crippen LogP contribution in [0.15, 0.2) is 48.8 Å². The number of nitriles is 1. The van der Waals surface area contributed by atoms with Crippen LogP contribution < -0.4 is 10.1 Å². The molecule has 0 saturated carbocycles. The summed E-state index contributed by atoms with van der Waals surface area (Å²) in [7, 11) is -1.14. The molecule has 1 fully saturated rings. The van der Waals surface area contributed by atoms with Gasteiger partial charge in [-0.3, -0.25) is 9.88 Å². The SMILES string of the molecule is CN(CCS(C)(=O)=O)Cc1ccc(Nc2nccc(-c3ccc(OC4CCOCC4)c(C#N)c3)n2)cn1.[HH]. The van der Waals surface area contributed by atoms with E-state index < -0.39 is 9.84 Å². The molecular formula is C26H32N6O4S. The van der Waals surface area contributed by atoms with Gasteiger partial charge in [0.15, 0.2) is 0 Å². The third kappa shape index (κ3) is 7.95. The Morgan fingerprint density at radius 3 is 2.73 bits per heavy atom. The van der Waals surface area contributed by atoms with E-state index in [0.29, 0.717) is 49.3 Å². The highest BCUT2D eigenvalue weighted by Crippen LogP contribution is 2.28. The Hall–Kier alpha value is -3.59. The topological polar surface area (TPSA) is 130 Å². The first-order valence-corrected chi connectivity index (χ1v) is 14.1. The number of ether oxygens (including phenoxy) is 2. The van der Waals surface area contributed by atoms with Crippen molar-refractivity contribution in [3.8, 4) is 23.1 Å². The van der Waals surface area contributed by atoms with Gasteiger partial charge >= 0.3 is 0 Å². The Kier molecular flexibility index (Phi) is 8.66. The number of pyridine rings is 1. The molecule has 37 heavy (non-hydrogen) atoms. The van der Waals surface area contributed by atoms with E-state index in [4.69, 9.17) is 9.47 Å². The molecule has 0 bridgehead atoms. The first kappa shape index (κ1) is 26.5. The summed E-state index contributed by atoms with van der Waals surface area (Å²) in [4.78, 5) is 15.3. The Labute approximate surface area is 218 Å². The molecule has 0 amide bonds. The van der Waals surface area contributed by atoms with Crippen LogP contribution in [0.1, 0.15) is 25.5 Å². The average molecular weight is 525 g/mol. The summed E-state index contributed by atoms with van der Waals surface area (Å²) in [5.41, 5.74) is 3.45. The van der Waals surface area contributed by atoms with Crippen LogP contribution in [0.25, 0.3) is 11.3 Å². The zero-order valence-electron chi connectivity index (χ0n) is 20.9. The lowest BCUT2D eigenvalue weighted by molar-refractivity contribution is 0.0254. The second kappa shape index (κ2) is 12.1. The number of anilines is 2. The van der Waals surface area contributed by atoms with Crippen LogP contribution in [-0.4, -0.2) is 73.2 Å². The van der Waals surface area contributed by atoms with E-state index in [1.807, 2.05) is 36.2 Å². The van der Waals surface area contributed by atoms with Crippen molar-refractivity contribution in [3.05, 3.63) is 60.0 Å². The third-order valence-electron chi connectivity index (χ3n) is 5.87. The molecule has 0 radical (unpaired) electrons. The van der Waals surface area contributed by atoms with Gasteiger partial charge in [0, 0.05) is 45.4 Å². The number of hydrogen-bond donors (Lipinski definition) is 1. The lowest BCUT2D eigenvalue weighted by atomic mass is 10.1. The number of nitrogens with zero attached hydrogens (tertiary/aromatic N) is 5. The summed E-state index contributed by atoms with van der Waals surface area (Å²) >= 11 is 0. The number of rotatable bonds is 10. The highest BCUT2D eigenvalue weighted by atomic mass is 32.2. The standard InChI is InChI=1S/C26H30N6O4S.H2/c1-32(11-14-37(2,33)34)18-22-5-4-21(17-29-22)30-26-28-10-7-24(31-26)19-3-6-25(20(15-19)16-27)36-23-8-12-35-13-9-23;/h3-7,10,15,17,23H,8-9,11-14,18H2,1-2H3,(H,28,30,31);1H. The molecule has 196 valence electrons. The van der Waals surface area contributed by atoms with Gasteiger partial charge in [-0.05, 0) is 43.4 Å². The molecule has 2 aromatic heterocycles. The molecule has 1 aromatic carbocycles. The molecule has 0 aliphatic carbocycles. The fourth-order valence-corrected chi connectivity index (χ4v) is 4.47. The van der Waals surface area contributed by atoms with Crippen LogP contribution in [0.5, 0.6) is 5.75 Å². The van der Waals surface area contributed by atoms with Crippen LogP contribution >= 0.6 is 0 Å². The summed E-state index contributed by atoms with van der Waals surface area (Å²) in [6.45, 7) is 2.32. The quantitative estimate of drug-likeness (QED) is 0.421. The Morgan fingerprint density at radius 2 is 2.03 bits per heavy atom. The van der Waals surface area contributed by atoms with Crippen molar-refractivity contribution in [2.24, 2.45) is 0 Å². The number of nitrogens with one attached hydrogen (secondary N) is 1. The number of sulfone groups is 1. The molecule has 0 atom stereocenters. The molecule has 3 aromatic rings. The third-order valence-corrected chi connectivity index (χ3v) is 6.79. The maximum atomic E-state index is 11.4. The molecule has 4 rings (SSSR count). The van der Waals surface area contributed by atoms with Gasteiger partial charge in [-0.15, -0.1) is 0 Å².